The standard InChI is InChI=1S/C20H18N4O/c1-12-8-9-14-11-16-18(23-24(3)19(16)21-17(14)10-12)22-20(25)15-7-5-4-6-13(15)2/h4-11H,1-3H3,(H,22,23,25). The van der Waals surface area contributed by atoms with Crippen LogP contribution in [0.3, 0.4) is 0 Å². The minimum absolute atomic E-state index is 0.165. The summed E-state index contributed by atoms with van der Waals surface area (Å²) < 4.78 is 1.70. The minimum Gasteiger partial charge on any atom is -0.304 e. The molecule has 0 fully saturated rings. The molecule has 0 bridgehead atoms. The van der Waals surface area contributed by atoms with E-state index in [0.717, 1.165) is 33.1 Å². The van der Waals surface area contributed by atoms with Gasteiger partial charge < -0.3 is 5.32 Å². The van der Waals surface area contributed by atoms with Crippen LogP contribution in [0, 0.1) is 13.8 Å². The fourth-order valence-corrected chi connectivity index (χ4v) is 3.03. The molecular weight excluding hydrogens is 312 g/mol. The van der Waals surface area contributed by atoms with E-state index in [9.17, 15) is 4.79 Å². The number of amides is 1. The summed E-state index contributed by atoms with van der Waals surface area (Å²) in [4.78, 5) is 17.3. The topological polar surface area (TPSA) is 59.8 Å². The van der Waals surface area contributed by atoms with Crippen molar-refractivity contribution in [2.45, 2.75) is 13.8 Å². The maximum Gasteiger partial charge on any atom is 0.257 e. The normalized spacial score (nSPS) is 11.2. The van der Waals surface area contributed by atoms with Gasteiger partial charge in [0.2, 0.25) is 0 Å². The molecule has 1 amide bonds. The largest absolute Gasteiger partial charge is 0.304 e. The zero-order valence-corrected chi connectivity index (χ0v) is 14.4. The van der Waals surface area contributed by atoms with Crippen molar-refractivity contribution in [3.63, 3.8) is 0 Å². The Morgan fingerprint density at radius 2 is 1.88 bits per heavy atom. The lowest BCUT2D eigenvalue weighted by Crippen LogP contribution is -2.14. The average molecular weight is 330 g/mol. The van der Waals surface area contributed by atoms with Crippen LogP contribution in [0.5, 0.6) is 0 Å². The summed E-state index contributed by atoms with van der Waals surface area (Å²) in [6.07, 6.45) is 0. The number of nitrogens with one attached hydrogen (secondary N) is 1. The maximum atomic E-state index is 12.6. The number of hydrogen-bond donors (Lipinski definition) is 1. The van der Waals surface area contributed by atoms with Gasteiger partial charge in [0.15, 0.2) is 11.5 Å². The van der Waals surface area contributed by atoms with E-state index in [0.29, 0.717) is 11.4 Å². The predicted molar refractivity (Wildman–Crippen MR) is 99.9 cm³/mol. The van der Waals surface area contributed by atoms with Gasteiger partial charge in [-0.3, -0.25) is 4.79 Å². The van der Waals surface area contributed by atoms with Crippen molar-refractivity contribution in [1.82, 2.24) is 14.8 Å². The molecule has 0 aliphatic heterocycles. The summed E-state index contributed by atoms with van der Waals surface area (Å²) in [5.74, 6) is 0.364. The van der Waals surface area contributed by atoms with E-state index < -0.39 is 0 Å². The first kappa shape index (κ1) is 15.3. The molecule has 0 saturated carbocycles. The molecule has 0 saturated heterocycles. The number of benzene rings is 2. The Morgan fingerprint density at radius 3 is 2.68 bits per heavy atom. The van der Waals surface area contributed by atoms with Crippen molar-refractivity contribution >= 4 is 33.7 Å². The third-order valence-corrected chi connectivity index (χ3v) is 4.39. The number of nitrogens with zero attached hydrogens (tertiary/aromatic N) is 3. The van der Waals surface area contributed by atoms with Crippen LogP contribution in [0.2, 0.25) is 0 Å². The van der Waals surface area contributed by atoms with E-state index in [1.54, 1.807) is 4.68 Å². The van der Waals surface area contributed by atoms with Crippen LogP contribution >= 0.6 is 0 Å². The summed E-state index contributed by atoms with van der Waals surface area (Å²) in [6, 6.07) is 15.7. The molecule has 2 aromatic heterocycles. The second-order valence-electron chi connectivity index (χ2n) is 6.30. The Kier molecular flexibility index (Phi) is 3.50. The molecule has 0 aliphatic carbocycles. The number of aryl methyl sites for hydroxylation is 3. The lowest BCUT2D eigenvalue weighted by molar-refractivity contribution is 0.102. The fraction of sp³-hybridized carbons (Fsp3) is 0.150. The molecule has 0 atom stereocenters. The zero-order valence-electron chi connectivity index (χ0n) is 14.4. The summed E-state index contributed by atoms with van der Waals surface area (Å²) in [5.41, 5.74) is 4.41. The van der Waals surface area contributed by atoms with Crippen LogP contribution in [0.25, 0.3) is 21.9 Å². The Morgan fingerprint density at radius 1 is 1.08 bits per heavy atom. The molecule has 2 heterocycles. The van der Waals surface area contributed by atoms with Gasteiger partial charge in [-0.15, -0.1) is 0 Å². The van der Waals surface area contributed by atoms with Crippen LogP contribution in [0.1, 0.15) is 21.5 Å². The van der Waals surface area contributed by atoms with Gasteiger partial charge in [-0.2, -0.15) is 5.10 Å². The number of carbonyl (C=O) groups excluding carboxylic acids is 1. The predicted octanol–water partition coefficient (Wildman–Crippen LogP) is 3.99. The number of pyridine rings is 1. The fourth-order valence-electron chi connectivity index (χ4n) is 3.03. The summed E-state index contributed by atoms with van der Waals surface area (Å²) in [6.45, 7) is 3.96. The molecule has 1 N–H and O–H groups in total. The lowest BCUT2D eigenvalue weighted by atomic mass is 10.1. The minimum atomic E-state index is -0.165. The molecule has 0 radical (unpaired) electrons. The molecule has 0 unspecified atom stereocenters. The van der Waals surface area contributed by atoms with E-state index in [1.807, 2.05) is 63.4 Å². The van der Waals surface area contributed by atoms with Crippen molar-refractivity contribution in [2.75, 3.05) is 5.32 Å². The molecule has 2 aromatic carbocycles. The van der Waals surface area contributed by atoms with Crippen LogP contribution in [0.15, 0.2) is 48.5 Å². The summed E-state index contributed by atoms with van der Waals surface area (Å²) in [7, 11) is 1.83. The smallest absolute Gasteiger partial charge is 0.257 e. The van der Waals surface area contributed by atoms with Crippen molar-refractivity contribution in [3.05, 3.63) is 65.2 Å². The highest BCUT2D eigenvalue weighted by molar-refractivity contribution is 6.09. The number of rotatable bonds is 2. The summed E-state index contributed by atoms with van der Waals surface area (Å²) >= 11 is 0. The van der Waals surface area contributed by atoms with Gasteiger partial charge in [0.05, 0.1) is 10.9 Å². The Hall–Kier alpha value is -3.21. The van der Waals surface area contributed by atoms with Gasteiger partial charge in [-0.05, 0) is 43.2 Å². The molecule has 124 valence electrons. The van der Waals surface area contributed by atoms with Crippen molar-refractivity contribution in [1.29, 1.82) is 0 Å². The average Bonchev–Trinajstić information content (AvgIpc) is 2.88. The number of fused-ring (bicyclic) bond motifs is 2. The van der Waals surface area contributed by atoms with Crippen LogP contribution in [0.4, 0.5) is 5.82 Å². The first-order valence-electron chi connectivity index (χ1n) is 8.14. The molecule has 5 nitrogen and oxygen atoms in total. The van der Waals surface area contributed by atoms with Gasteiger partial charge in [0.1, 0.15) is 0 Å². The monoisotopic (exact) mass is 330 g/mol. The Labute approximate surface area is 145 Å². The quantitative estimate of drug-likeness (QED) is 0.604. The van der Waals surface area contributed by atoms with E-state index >= 15 is 0 Å². The highest BCUT2D eigenvalue weighted by atomic mass is 16.1. The van der Waals surface area contributed by atoms with E-state index in [2.05, 4.69) is 16.5 Å². The van der Waals surface area contributed by atoms with E-state index in [1.165, 1.54) is 0 Å². The van der Waals surface area contributed by atoms with Crippen LogP contribution in [-0.2, 0) is 7.05 Å². The van der Waals surface area contributed by atoms with Crippen molar-refractivity contribution in [3.8, 4) is 0 Å². The number of carbonyl (C=O) groups is 1. The first-order valence-corrected chi connectivity index (χ1v) is 8.14. The molecule has 0 aliphatic rings. The van der Waals surface area contributed by atoms with E-state index in [4.69, 9.17) is 4.98 Å². The Bertz CT molecular complexity index is 1130. The van der Waals surface area contributed by atoms with Gasteiger partial charge in [0, 0.05) is 18.0 Å². The highest BCUT2D eigenvalue weighted by Gasteiger charge is 2.15. The molecule has 0 spiro atoms. The summed E-state index contributed by atoms with van der Waals surface area (Å²) in [5, 5.41) is 9.24. The molecule has 4 aromatic rings. The van der Waals surface area contributed by atoms with Gasteiger partial charge >= 0.3 is 0 Å². The SMILES string of the molecule is Cc1ccc2cc3c(NC(=O)c4ccccc4C)nn(C)c3nc2c1. The van der Waals surface area contributed by atoms with Crippen molar-refractivity contribution < 1.29 is 4.79 Å². The Balaban J connectivity index is 1.81. The van der Waals surface area contributed by atoms with Crippen LogP contribution in [-0.4, -0.2) is 20.7 Å². The highest BCUT2D eigenvalue weighted by Crippen LogP contribution is 2.26. The lowest BCUT2D eigenvalue weighted by Gasteiger charge is -2.05. The number of aromatic nitrogens is 3. The van der Waals surface area contributed by atoms with Crippen LogP contribution < -0.4 is 5.32 Å². The van der Waals surface area contributed by atoms with Gasteiger partial charge in [-0.1, -0.05) is 30.3 Å². The molecule has 25 heavy (non-hydrogen) atoms. The first-order chi connectivity index (χ1) is 12.0. The molecular formula is C20H18N4O. The van der Waals surface area contributed by atoms with Gasteiger partial charge in [-0.25, -0.2) is 9.67 Å². The van der Waals surface area contributed by atoms with Crippen molar-refractivity contribution in [2.24, 2.45) is 7.05 Å². The zero-order chi connectivity index (χ0) is 17.6. The third-order valence-electron chi connectivity index (χ3n) is 4.39. The van der Waals surface area contributed by atoms with Gasteiger partial charge in [0.25, 0.3) is 5.91 Å². The number of hydrogen-bond acceptors (Lipinski definition) is 3. The third kappa shape index (κ3) is 2.63. The molecule has 5 heteroatoms. The van der Waals surface area contributed by atoms with E-state index in [-0.39, 0.29) is 5.91 Å². The number of anilines is 1. The second-order valence-corrected chi connectivity index (χ2v) is 6.30. The molecule has 4 rings (SSSR count). The second kappa shape index (κ2) is 5.70. The maximum absolute atomic E-state index is 12.6.